The van der Waals surface area contributed by atoms with Gasteiger partial charge in [-0.3, -0.25) is 9.69 Å². The van der Waals surface area contributed by atoms with Crippen molar-refractivity contribution in [2.24, 2.45) is 11.3 Å². The first-order valence-corrected chi connectivity index (χ1v) is 10.4. The summed E-state index contributed by atoms with van der Waals surface area (Å²) < 4.78 is 5.47. The Morgan fingerprint density at radius 2 is 1.93 bits per heavy atom. The van der Waals surface area contributed by atoms with Crippen molar-refractivity contribution in [1.82, 2.24) is 15.1 Å². The van der Waals surface area contributed by atoms with Gasteiger partial charge < -0.3 is 15.0 Å². The molecule has 2 fully saturated rings. The van der Waals surface area contributed by atoms with E-state index in [0.29, 0.717) is 18.4 Å². The van der Waals surface area contributed by atoms with Crippen molar-refractivity contribution >= 4 is 30.7 Å². The van der Waals surface area contributed by atoms with E-state index in [1.165, 1.54) is 12.0 Å². The van der Waals surface area contributed by atoms with Crippen LogP contribution in [0.1, 0.15) is 31.7 Å². The lowest BCUT2D eigenvalue weighted by Crippen LogP contribution is -2.52. The summed E-state index contributed by atoms with van der Waals surface area (Å²) in [6, 6.07) is 10.7. The molecule has 1 unspecified atom stereocenters. The summed E-state index contributed by atoms with van der Waals surface area (Å²) in [5, 5.41) is 3.38. The number of halogens is 2. The van der Waals surface area contributed by atoms with Gasteiger partial charge in [0.2, 0.25) is 5.91 Å². The Labute approximate surface area is 188 Å². The van der Waals surface area contributed by atoms with Crippen LogP contribution in [0.2, 0.25) is 0 Å². The molecule has 2 aliphatic heterocycles. The second-order valence-corrected chi connectivity index (χ2v) is 8.18. The van der Waals surface area contributed by atoms with Gasteiger partial charge in [0.25, 0.3) is 0 Å². The minimum Gasteiger partial charge on any atom is -0.384 e. The Morgan fingerprint density at radius 3 is 2.55 bits per heavy atom. The van der Waals surface area contributed by atoms with Crippen LogP contribution in [0, 0.1) is 11.3 Å². The molecule has 166 valence electrons. The molecule has 2 saturated heterocycles. The van der Waals surface area contributed by atoms with Crippen LogP contribution in [0.25, 0.3) is 0 Å². The van der Waals surface area contributed by atoms with Gasteiger partial charge in [-0.05, 0) is 57.3 Å². The SMILES string of the molecule is CCN(CC1CCN(Cc2ccccc2)C1)C(=O)C1(COC)CCNCC1.Cl.Cl. The normalized spacial score (nSPS) is 21.1. The first-order valence-electron chi connectivity index (χ1n) is 10.4. The van der Waals surface area contributed by atoms with E-state index in [9.17, 15) is 4.79 Å². The molecule has 0 saturated carbocycles. The third kappa shape index (κ3) is 6.83. The van der Waals surface area contributed by atoms with E-state index in [-0.39, 0.29) is 30.2 Å². The predicted molar refractivity (Wildman–Crippen MR) is 123 cm³/mol. The molecule has 0 bridgehead atoms. The highest BCUT2D eigenvalue weighted by Crippen LogP contribution is 2.32. The minimum atomic E-state index is -0.335. The monoisotopic (exact) mass is 445 g/mol. The molecule has 7 heteroatoms. The summed E-state index contributed by atoms with van der Waals surface area (Å²) in [5.41, 5.74) is 1.04. The third-order valence-electron chi connectivity index (χ3n) is 6.20. The van der Waals surface area contributed by atoms with Crippen LogP contribution in [0.5, 0.6) is 0 Å². The standard InChI is InChI=1S/C22H35N3O2.2ClH/c1-3-25(21(26)22(18-27-2)10-12-23-13-11-22)17-20-9-14-24(16-20)15-19-7-5-4-6-8-19;;/h4-8,20,23H,3,9-18H2,1-2H3;2*1H. The van der Waals surface area contributed by atoms with Gasteiger partial charge in [0.1, 0.15) is 0 Å². The lowest BCUT2D eigenvalue weighted by molar-refractivity contribution is -0.148. The zero-order valence-electron chi connectivity index (χ0n) is 17.8. The average molecular weight is 446 g/mol. The Hall–Kier alpha value is -0.850. The van der Waals surface area contributed by atoms with E-state index in [0.717, 1.165) is 58.7 Å². The number of amides is 1. The van der Waals surface area contributed by atoms with Gasteiger partial charge in [0.15, 0.2) is 0 Å². The largest absolute Gasteiger partial charge is 0.384 e. The summed E-state index contributed by atoms with van der Waals surface area (Å²) in [7, 11) is 1.71. The van der Waals surface area contributed by atoms with Crippen LogP contribution >= 0.6 is 24.8 Å². The van der Waals surface area contributed by atoms with E-state index < -0.39 is 0 Å². The number of benzene rings is 1. The van der Waals surface area contributed by atoms with Crippen LogP contribution in [-0.4, -0.2) is 68.7 Å². The van der Waals surface area contributed by atoms with Crippen molar-refractivity contribution in [2.45, 2.75) is 32.7 Å². The van der Waals surface area contributed by atoms with E-state index in [1.807, 2.05) is 0 Å². The molecule has 0 aromatic heterocycles. The molecule has 29 heavy (non-hydrogen) atoms. The summed E-state index contributed by atoms with van der Waals surface area (Å²) in [6.07, 6.45) is 2.93. The van der Waals surface area contributed by atoms with Gasteiger partial charge in [-0.15, -0.1) is 24.8 Å². The zero-order valence-corrected chi connectivity index (χ0v) is 19.4. The van der Waals surface area contributed by atoms with Gasteiger partial charge in [-0.25, -0.2) is 0 Å². The number of hydrogen-bond donors (Lipinski definition) is 1. The fourth-order valence-corrected chi connectivity index (χ4v) is 4.65. The first-order chi connectivity index (χ1) is 13.2. The number of likely N-dealkylation sites (tertiary alicyclic amines) is 1. The molecular formula is C22H37Cl2N3O2. The topological polar surface area (TPSA) is 44.8 Å². The zero-order chi connectivity index (χ0) is 19.1. The smallest absolute Gasteiger partial charge is 0.231 e. The van der Waals surface area contributed by atoms with Gasteiger partial charge in [0, 0.05) is 33.3 Å². The average Bonchev–Trinajstić information content (AvgIpc) is 3.14. The number of nitrogens with zero attached hydrogens (tertiary/aromatic N) is 2. The van der Waals surface area contributed by atoms with Crippen LogP contribution in [0.4, 0.5) is 0 Å². The minimum absolute atomic E-state index is 0. The molecular weight excluding hydrogens is 409 g/mol. The highest BCUT2D eigenvalue weighted by molar-refractivity contribution is 5.85. The number of hydrogen-bond acceptors (Lipinski definition) is 4. The molecule has 2 aliphatic rings. The van der Waals surface area contributed by atoms with E-state index in [1.54, 1.807) is 7.11 Å². The molecule has 1 aromatic rings. The second kappa shape index (κ2) is 12.8. The van der Waals surface area contributed by atoms with Gasteiger partial charge in [0.05, 0.1) is 12.0 Å². The number of methoxy groups -OCH3 is 1. The van der Waals surface area contributed by atoms with Gasteiger partial charge in [-0.1, -0.05) is 30.3 Å². The summed E-state index contributed by atoms with van der Waals surface area (Å²) in [4.78, 5) is 18.0. The Kier molecular flexibility index (Phi) is 11.5. The van der Waals surface area contributed by atoms with Crippen molar-refractivity contribution in [3.05, 3.63) is 35.9 Å². The first kappa shape index (κ1) is 26.2. The number of nitrogens with one attached hydrogen (secondary N) is 1. The molecule has 3 rings (SSSR count). The molecule has 2 heterocycles. The number of carbonyl (C=O) groups is 1. The highest BCUT2D eigenvalue weighted by atomic mass is 35.5. The second-order valence-electron chi connectivity index (χ2n) is 8.18. The van der Waals surface area contributed by atoms with E-state index in [4.69, 9.17) is 4.74 Å². The van der Waals surface area contributed by atoms with Crippen molar-refractivity contribution in [2.75, 3.05) is 53.0 Å². The van der Waals surface area contributed by atoms with Crippen molar-refractivity contribution in [3.8, 4) is 0 Å². The molecule has 1 atom stereocenters. The molecule has 0 spiro atoms. The van der Waals surface area contributed by atoms with Gasteiger partial charge >= 0.3 is 0 Å². The fraction of sp³-hybridized carbons (Fsp3) is 0.682. The molecule has 5 nitrogen and oxygen atoms in total. The maximum atomic E-state index is 13.4. The van der Waals surface area contributed by atoms with Crippen molar-refractivity contribution < 1.29 is 9.53 Å². The van der Waals surface area contributed by atoms with Crippen LogP contribution in [-0.2, 0) is 16.1 Å². The van der Waals surface area contributed by atoms with Crippen LogP contribution < -0.4 is 5.32 Å². The Balaban J connectivity index is 0.00000210. The van der Waals surface area contributed by atoms with E-state index >= 15 is 0 Å². The summed E-state index contributed by atoms with van der Waals surface area (Å²) >= 11 is 0. The highest BCUT2D eigenvalue weighted by Gasteiger charge is 2.42. The number of carbonyl (C=O) groups excluding carboxylic acids is 1. The Morgan fingerprint density at radius 1 is 1.24 bits per heavy atom. The summed E-state index contributed by atoms with van der Waals surface area (Å²) in [5.74, 6) is 0.869. The maximum Gasteiger partial charge on any atom is 0.231 e. The molecule has 1 amide bonds. The van der Waals surface area contributed by atoms with Crippen molar-refractivity contribution in [3.63, 3.8) is 0 Å². The molecule has 1 N–H and O–H groups in total. The fourth-order valence-electron chi connectivity index (χ4n) is 4.65. The number of ether oxygens (including phenoxy) is 1. The summed E-state index contributed by atoms with van der Waals surface area (Å²) in [6.45, 7) is 9.33. The van der Waals surface area contributed by atoms with E-state index in [2.05, 4.69) is 52.4 Å². The lowest BCUT2D eigenvalue weighted by Gasteiger charge is -2.40. The van der Waals surface area contributed by atoms with Crippen molar-refractivity contribution in [1.29, 1.82) is 0 Å². The molecule has 0 radical (unpaired) electrons. The molecule has 1 aromatic carbocycles. The maximum absolute atomic E-state index is 13.4. The van der Waals surface area contributed by atoms with Crippen LogP contribution in [0.3, 0.4) is 0 Å². The molecule has 0 aliphatic carbocycles. The quantitative estimate of drug-likeness (QED) is 0.666. The lowest BCUT2D eigenvalue weighted by atomic mass is 9.78. The Bertz CT molecular complexity index is 591. The third-order valence-corrected chi connectivity index (χ3v) is 6.20. The van der Waals surface area contributed by atoms with Gasteiger partial charge in [-0.2, -0.15) is 0 Å². The predicted octanol–water partition coefficient (Wildman–Crippen LogP) is 3.22. The number of rotatable bonds is 8. The number of piperidine rings is 1. The van der Waals surface area contributed by atoms with Crippen LogP contribution in [0.15, 0.2) is 30.3 Å².